The second-order valence-corrected chi connectivity index (χ2v) is 6.95. The number of rotatable bonds is 5. The van der Waals surface area contributed by atoms with Crippen molar-refractivity contribution in [2.24, 2.45) is 0 Å². The zero-order chi connectivity index (χ0) is 21.1. The molecule has 150 valence electrons. The van der Waals surface area contributed by atoms with Gasteiger partial charge in [0.2, 0.25) is 0 Å². The molecule has 0 spiro atoms. The molecular weight excluding hydrogens is 406 g/mol. The number of carbonyl (C=O) groups is 1. The quantitative estimate of drug-likeness (QED) is 0.534. The van der Waals surface area contributed by atoms with Gasteiger partial charge in [-0.1, -0.05) is 35.9 Å². The minimum Gasteiger partial charge on any atom is -0.451 e. The van der Waals surface area contributed by atoms with Crippen molar-refractivity contribution in [3.05, 3.63) is 98.1 Å². The maximum Gasteiger partial charge on any atom is 0.287 e. The number of carbonyl (C=O) groups excluding carboxylic acids is 1. The summed E-state index contributed by atoms with van der Waals surface area (Å²) in [6.45, 7) is 0.288. The summed E-state index contributed by atoms with van der Waals surface area (Å²) in [4.78, 5) is 36.6. The summed E-state index contributed by atoms with van der Waals surface area (Å²) in [6, 6.07) is 18.0. The Bertz CT molecular complexity index is 1340. The number of aromatic nitrogens is 2. The molecule has 0 saturated carbocycles. The van der Waals surface area contributed by atoms with Gasteiger partial charge in [-0.3, -0.25) is 14.4 Å². The number of benzene rings is 2. The van der Waals surface area contributed by atoms with Gasteiger partial charge >= 0.3 is 0 Å². The minimum absolute atomic E-state index is 0.0890. The maximum atomic E-state index is 12.4. The van der Waals surface area contributed by atoms with E-state index in [9.17, 15) is 14.4 Å². The molecule has 7 nitrogen and oxygen atoms in total. The molecular formula is C22H16ClN3O4. The number of nitrogens with zero attached hydrogens (tertiary/aromatic N) is 2. The summed E-state index contributed by atoms with van der Waals surface area (Å²) < 4.78 is 6.78. The molecule has 30 heavy (non-hydrogen) atoms. The SMILES string of the molecule is O=C(NCCn1nc(-c2ccc(Cl)cc2)ccc1=O)c1cc(=O)c2ccccc2o1. The van der Waals surface area contributed by atoms with Crippen LogP contribution in [0.15, 0.2) is 80.7 Å². The number of nitrogens with one attached hydrogen (secondary N) is 1. The van der Waals surface area contributed by atoms with E-state index < -0.39 is 5.91 Å². The van der Waals surface area contributed by atoms with Crippen LogP contribution in [0.1, 0.15) is 10.6 Å². The first-order chi connectivity index (χ1) is 14.5. The summed E-state index contributed by atoms with van der Waals surface area (Å²) in [5.41, 5.74) is 1.17. The topological polar surface area (TPSA) is 94.2 Å². The normalized spacial score (nSPS) is 10.8. The molecule has 0 aliphatic heterocycles. The Kier molecular flexibility index (Phi) is 5.45. The van der Waals surface area contributed by atoms with Crippen molar-refractivity contribution in [3.8, 4) is 11.3 Å². The third-order valence-corrected chi connectivity index (χ3v) is 4.73. The minimum atomic E-state index is -0.542. The molecule has 2 aromatic heterocycles. The molecule has 1 amide bonds. The third-order valence-electron chi connectivity index (χ3n) is 4.47. The fourth-order valence-electron chi connectivity index (χ4n) is 2.96. The molecule has 0 aliphatic rings. The molecule has 8 heteroatoms. The van der Waals surface area contributed by atoms with Crippen molar-refractivity contribution >= 4 is 28.5 Å². The first-order valence-electron chi connectivity index (χ1n) is 9.16. The van der Waals surface area contributed by atoms with Crippen LogP contribution in [0, 0.1) is 0 Å². The number of hydrogen-bond donors (Lipinski definition) is 1. The lowest BCUT2D eigenvalue weighted by atomic mass is 10.1. The van der Waals surface area contributed by atoms with Gasteiger partial charge in [-0.15, -0.1) is 0 Å². The van der Waals surface area contributed by atoms with Gasteiger partial charge in [0.05, 0.1) is 17.6 Å². The molecule has 1 N–H and O–H groups in total. The van der Waals surface area contributed by atoms with Crippen molar-refractivity contribution in [3.63, 3.8) is 0 Å². The second-order valence-electron chi connectivity index (χ2n) is 6.51. The van der Waals surface area contributed by atoms with Gasteiger partial charge < -0.3 is 9.73 Å². The maximum absolute atomic E-state index is 12.4. The van der Waals surface area contributed by atoms with Crippen LogP contribution in [-0.2, 0) is 6.54 Å². The van der Waals surface area contributed by atoms with E-state index in [1.807, 2.05) is 12.1 Å². The average Bonchev–Trinajstić information content (AvgIpc) is 2.75. The summed E-state index contributed by atoms with van der Waals surface area (Å²) in [5.74, 6) is -0.631. The Morgan fingerprint density at radius 2 is 1.80 bits per heavy atom. The highest BCUT2D eigenvalue weighted by Crippen LogP contribution is 2.18. The van der Waals surface area contributed by atoms with E-state index in [1.54, 1.807) is 42.5 Å². The summed E-state index contributed by atoms with van der Waals surface area (Å²) in [7, 11) is 0. The molecule has 0 bridgehead atoms. The molecule has 2 heterocycles. The Morgan fingerprint density at radius 1 is 1.03 bits per heavy atom. The van der Waals surface area contributed by atoms with Crippen molar-refractivity contribution < 1.29 is 9.21 Å². The fraction of sp³-hybridized carbons (Fsp3) is 0.0909. The Labute approximate surface area is 175 Å². The molecule has 0 aliphatic carbocycles. The van der Waals surface area contributed by atoms with Gasteiger partial charge in [-0.2, -0.15) is 5.10 Å². The highest BCUT2D eigenvalue weighted by Gasteiger charge is 2.12. The van der Waals surface area contributed by atoms with Crippen LogP contribution in [0.25, 0.3) is 22.2 Å². The van der Waals surface area contributed by atoms with E-state index in [0.717, 1.165) is 11.6 Å². The number of fused-ring (bicyclic) bond motifs is 1. The smallest absolute Gasteiger partial charge is 0.287 e. The number of para-hydroxylation sites is 1. The van der Waals surface area contributed by atoms with Crippen LogP contribution in [-0.4, -0.2) is 22.2 Å². The van der Waals surface area contributed by atoms with Crippen molar-refractivity contribution in [1.82, 2.24) is 15.1 Å². The molecule has 0 radical (unpaired) electrons. The van der Waals surface area contributed by atoms with E-state index in [0.29, 0.717) is 21.7 Å². The van der Waals surface area contributed by atoms with Crippen LogP contribution >= 0.6 is 11.6 Å². The molecule has 2 aromatic carbocycles. The second kappa shape index (κ2) is 8.34. The summed E-state index contributed by atoms with van der Waals surface area (Å²) >= 11 is 5.90. The van der Waals surface area contributed by atoms with Crippen LogP contribution in [0.3, 0.4) is 0 Å². The average molecular weight is 422 g/mol. The van der Waals surface area contributed by atoms with Crippen LogP contribution in [0.5, 0.6) is 0 Å². The molecule has 4 rings (SSSR count). The van der Waals surface area contributed by atoms with E-state index in [-0.39, 0.29) is 29.8 Å². The zero-order valence-electron chi connectivity index (χ0n) is 15.7. The lowest BCUT2D eigenvalue weighted by molar-refractivity contribution is 0.0924. The number of hydrogen-bond acceptors (Lipinski definition) is 5. The van der Waals surface area contributed by atoms with Gasteiger partial charge in [0.25, 0.3) is 11.5 Å². The predicted molar refractivity (Wildman–Crippen MR) is 114 cm³/mol. The summed E-state index contributed by atoms with van der Waals surface area (Å²) in [6.07, 6.45) is 0. The van der Waals surface area contributed by atoms with E-state index in [1.165, 1.54) is 10.7 Å². The number of halogens is 1. The van der Waals surface area contributed by atoms with Gasteiger partial charge in [-0.05, 0) is 30.3 Å². The van der Waals surface area contributed by atoms with Crippen molar-refractivity contribution in [1.29, 1.82) is 0 Å². The first-order valence-corrected chi connectivity index (χ1v) is 9.54. The molecule has 0 saturated heterocycles. The monoisotopic (exact) mass is 421 g/mol. The van der Waals surface area contributed by atoms with Crippen LogP contribution in [0.4, 0.5) is 0 Å². The molecule has 0 atom stereocenters. The Balaban J connectivity index is 1.47. The van der Waals surface area contributed by atoms with E-state index in [2.05, 4.69) is 10.4 Å². The Morgan fingerprint density at radius 3 is 2.60 bits per heavy atom. The lowest BCUT2D eigenvalue weighted by Crippen LogP contribution is -2.32. The predicted octanol–water partition coefficient (Wildman–Crippen LogP) is 3.10. The Hall–Kier alpha value is -3.71. The largest absolute Gasteiger partial charge is 0.451 e. The lowest BCUT2D eigenvalue weighted by Gasteiger charge is -2.09. The van der Waals surface area contributed by atoms with Crippen LogP contribution < -0.4 is 16.3 Å². The zero-order valence-corrected chi connectivity index (χ0v) is 16.4. The van der Waals surface area contributed by atoms with Gasteiger partial charge in [-0.25, -0.2) is 4.68 Å². The van der Waals surface area contributed by atoms with Gasteiger partial charge in [0, 0.05) is 29.3 Å². The fourth-order valence-corrected chi connectivity index (χ4v) is 3.09. The van der Waals surface area contributed by atoms with Crippen molar-refractivity contribution in [2.75, 3.05) is 6.54 Å². The highest BCUT2D eigenvalue weighted by molar-refractivity contribution is 6.30. The van der Waals surface area contributed by atoms with E-state index >= 15 is 0 Å². The number of amides is 1. The molecule has 4 aromatic rings. The molecule has 0 unspecified atom stereocenters. The van der Waals surface area contributed by atoms with E-state index in [4.69, 9.17) is 16.0 Å². The highest BCUT2D eigenvalue weighted by atomic mass is 35.5. The molecule has 0 fully saturated rings. The third kappa shape index (κ3) is 4.16. The summed E-state index contributed by atoms with van der Waals surface area (Å²) in [5, 5.41) is 7.99. The van der Waals surface area contributed by atoms with Gasteiger partial charge in [0.1, 0.15) is 5.58 Å². The van der Waals surface area contributed by atoms with Crippen molar-refractivity contribution in [2.45, 2.75) is 6.54 Å². The van der Waals surface area contributed by atoms with Gasteiger partial charge in [0.15, 0.2) is 11.2 Å². The standard InChI is InChI=1S/C22H16ClN3O4/c23-15-7-5-14(6-8-15)17-9-10-21(28)26(25-17)12-11-24-22(29)20-13-18(27)16-3-1-2-4-19(16)30-20/h1-10,13H,11-12H2,(H,24,29). The first kappa shape index (κ1) is 19.6. The van der Waals surface area contributed by atoms with Crippen LogP contribution in [0.2, 0.25) is 5.02 Å².